The van der Waals surface area contributed by atoms with E-state index in [-0.39, 0.29) is 6.04 Å². The van der Waals surface area contributed by atoms with Gasteiger partial charge in [0.25, 0.3) is 0 Å². The van der Waals surface area contributed by atoms with Gasteiger partial charge >= 0.3 is 0 Å². The molecule has 112 valence electrons. The summed E-state index contributed by atoms with van der Waals surface area (Å²) in [5, 5.41) is 1.35. The van der Waals surface area contributed by atoms with Crippen molar-refractivity contribution in [3.8, 4) is 0 Å². The van der Waals surface area contributed by atoms with Crippen LogP contribution >= 0.6 is 15.9 Å². The van der Waals surface area contributed by atoms with Crippen molar-refractivity contribution < 1.29 is 8.42 Å². The highest BCUT2D eigenvalue weighted by Crippen LogP contribution is 2.33. The third-order valence-corrected chi connectivity index (χ3v) is 6.83. The molecule has 2 unspecified atom stereocenters. The Morgan fingerprint density at radius 2 is 2.14 bits per heavy atom. The number of halogens is 1. The number of alkyl halides is 1. The molecule has 0 aliphatic carbocycles. The number of nitrogens with zero attached hydrogens (tertiary/aromatic N) is 2. The fourth-order valence-electron chi connectivity index (χ4n) is 2.93. The summed E-state index contributed by atoms with van der Waals surface area (Å²) in [5.74, 6) is 0.368. The standard InChI is InChI=1S/C15H17BrN2O2S/c1-11-7-9-18(14(11)10-16)21(19,20)15-6-2-5-13-12(15)4-3-8-17-13/h2-6,8,11,14H,7,9-10H2,1H3. The van der Waals surface area contributed by atoms with E-state index in [0.29, 0.717) is 33.6 Å². The molecule has 0 N–H and O–H groups in total. The predicted molar refractivity (Wildman–Crippen MR) is 87.0 cm³/mol. The lowest BCUT2D eigenvalue weighted by Crippen LogP contribution is -2.38. The summed E-state index contributed by atoms with van der Waals surface area (Å²) in [5.41, 5.74) is 0.709. The van der Waals surface area contributed by atoms with E-state index in [0.717, 1.165) is 6.42 Å². The number of hydrogen-bond acceptors (Lipinski definition) is 3. The van der Waals surface area contributed by atoms with Crippen LogP contribution in [0.25, 0.3) is 10.9 Å². The van der Waals surface area contributed by atoms with E-state index in [1.165, 1.54) is 0 Å². The Morgan fingerprint density at radius 3 is 2.90 bits per heavy atom. The van der Waals surface area contributed by atoms with Crippen molar-refractivity contribution in [2.75, 3.05) is 11.9 Å². The van der Waals surface area contributed by atoms with Crippen molar-refractivity contribution in [1.82, 2.24) is 9.29 Å². The number of hydrogen-bond donors (Lipinski definition) is 0. The lowest BCUT2D eigenvalue weighted by atomic mass is 10.1. The van der Waals surface area contributed by atoms with Crippen LogP contribution in [0.3, 0.4) is 0 Å². The third kappa shape index (κ3) is 2.49. The fraction of sp³-hybridized carbons (Fsp3) is 0.400. The smallest absolute Gasteiger partial charge is 0.244 e. The van der Waals surface area contributed by atoms with Gasteiger partial charge in [-0.25, -0.2) is 8.42 Å². The van der Waals surface area contributed by atoms with Gasteiger partial charge in [-0.3, -0.25) is 4.98 Å². The molecule has 1 aliphatic heterocycles. The van der Waals surface area contributed by atoms with Crippen LogP contribution in [0.1, 0.15) is 13.3 Å². The molecule has 3 rings (SSSR count). The monoisotopic (exact) mass is 368 g/mol. The zero-order valence-electron chi connectivity index (χ0n) is 11.7. The molecule has 2 atom stereocenters. The lowest BCUT2D eigenvalue weighted by Gasteiger charge is -2.25. The van der Waals surface area contributed by atoms with Gasteiger partial charge in [-0.1, -0.05) is 28.9 Å². The molecule has 2 aromatic rings. The van der Waals surface area contributed by atoms with Crippen LogP contribution in [0.5, 0.6) is 0 Å². The zero-order valence-corrected chi connectivity index (χ0v) is 14.1. The number of sulfonamides is 1. The van der Waals surface area contributed by atoms with Gasteiger partial charge in [0.15, 0.2) is 0 Å². The van der Waals surface area contributed by atoms with Gasteiger partial charge < -0.3 is 0 Å². The Kier molecular flexibility index (Phi) is 4.03. The van der Waals surface area contributed by atoms with E-state index in [1.54, 1.807) is 28.7 Å². The summed E-state index contributed by atoms with van der Waals surface area (Å²) in [7, 11) is -3.50. The van der Waals surface area contributed by atoms with E-state index in [2.05, 4.69) is 27.8 Å². The van der Waals surface area contributed by atoms with Crippen LogP contribution in [0.15, 0.2) is 41.4 Å². The molecule has 6 heteroatoms. The second-order valence-electron chi connectivity index (χ2n) is 5.43. The van der Waals surface area contributed by atoms with E-state index >= 15 is 0 Å². The summed E-state index contributed by atoms with van der Waals surface area (Å²) < 4.78 is 27.7. The Morgan fingerprint density at radius 1 is 1.33 bits per heavy atom. The topological polar surface area (TPSA) is 50.3 Å². The van der Waals surface area contributed by atoms with Crippen LogP contribution in [0.2, 0.25) is 0 Å². The number of fused-ring (bicyclic) bond motifs is 1. The molecule has 1 aromatic heterocycles. The van der Waals surface area contributed by atoms with Crippen LogP contribution in [-0.4, -0.2) is 35.6 Å². The average molecular weight is 369 g/mol. The Balaban J connectivity index is 2.13. The first-order chi connectivity index (χ1) is 10.1. The molecular weight excluding hydrogens is 352 g/mol. The zero-order chi connectivity index (χ0) is 15.0. The summed E-state index contributed by atoms with van der Waals surface area (Å²) in [6, 6.07) is 8.87. The third-order valence-electron chi connectivity index (χ3n) is 4.18. The Labute approximate surface area is 133 Å². The second kappa shape index (κ2) is 5.66. The lowest BCUT2D eigenvalue weighted by molar-refractivity contribution is 0.378. The summed E-state index contributed by atoms with van der Waals surface area (Å²) in [6.07, 6.45) is 2.58. The van der Waals surface area contributed by atoms with Crippen LogP contribution in [-0.2, 0) is 10.0 Å². The minimum absolute atomic E-state index is 0.0157. The summed E-state index contributed by atoms with van der Waals surface area (Å²) in [4.78, 5) is 4.60. The maximum absolute atomic E-state index is 13.0. The second-order valence-corrected chi connectivity index (χ2v) is 7.94. The highest BCUT2D eigenvalue weighted by Gasteiger charge is 2.39. The van der Waals surface area contributed by atoms with Gasteiger partial charge in [0, 0.05) is 29.5 Å². The van der Waals surface area contributed by atoms with Crippen LogP contribution in [0, 0.1) is 5.92 Å². The SMILES string of the molecule is CC1CCN(S(=O)(=O)c2cccc3ncccc23)C1CBr. The van der Waals surface area contributed by atoms with Crippen molar-refractivity contribution in [3.05, 3.63) is 36.5 Å². The minimum Gasteiger partial charge on any atom is -0.256 e. The van der Waals surface area contributed by atoms with Crippen molar-refractivity contribution in [2.24, 2.45) is 5.92 Å². The largest absolute Gasteiger partial charge is 0.256 e. The predicted octanol–water partition coefficient (Wildman–Crippen LogP) is 3.03. The normalized spacial score (nSPS) is 23.7. The molecule has 4 nitrogen and oxygen atoms in total. The molecule has 21 heavy (non-hydrogen) atoms. The van der Waals surface area contributed by atoms with Gasteiger partial charge in [-0.15, -0.1) is 0 Å². The van der Waals surface area contributed by atoms with Gasteiger partial charge in [0.05, 0.1) is 10.4 Å². The van der Waals surface area contributed by atoms with Gasteiger partial charge in [0.1, 0.15) is 0 Å². The number of rotatable bonds is 3. The highest BCUT2D eigenvalue weighted by atomic mass is 79.9. The van der Waals surface area contributed by atoms with E-state index in [9.17, 15) is 8.42 Å². The molecule has 1 saturated heterocycles. The maximum Gasteiger partial charge on any atom is 0.244 e. The Hall–Kier alpha value is -0.980. The number of benzene rings is 1. The van der Waals surface area contributed by atoms with E-state index < -0.39 is 10.0 Å². The number of pyridine rings is 1. The molecule has 1 fully saturated rings. The van der Waals surface area contributed by atoms with Crippen molar-refractivity contribution in [2.45, 2.75) is 24.3 Å². The first-order valence-electron chi connectivity index (χ1n) is 6.97. The Bertz CT molecular complexity index is 758. The average Bonchev–Trinajstić information content (AvgIpc) is 2.88. The summed E-state index contributed by atoms with van der Waals surface area (Å²) >= 11 is 3.45. The molecule has 0 spiro atoms. The molecule has 2 heterocycles. The summed E-state index contributed by atoms with van der Waals surface area (Å²) in [6.45, 7) is 2.68. The van der Waals surface area contributed by atoms with Crippen LogP contribution < -0.4 is 0 Å². The van der Waals surface area contributed by atoms with Crippen molar-refractivity contribution >= 4 is 36.9 Å². The van der Waals surface area contributed by atoms with Gasteiger partial charge in [0.2, 0.25) is 10.0 Å². The van der Waals surface area contributed by atoms with Crippen molar-refractivity contribution in [1.29, 1.82) is 0 Å². The molecule has 0 amide bonds. The van der Waals surface area contributed by atoms with E-state index in [4.69, 9.17) is 0 Å². The maximum atomic E-state index is 13.0. The molecule has 0 bridgehead atoms. The first-order valence-corrected chi connectivity index (χ1v) is 9.53. The number of aromatic nitrogens is 1. The minimum atomic E-state index is -3.50. The molecule has 1 aliphatic rings. The molecular formula is C15H17BrN2O2S. The molecule has 0 radical (unpaired) electrons. The van der Waals surface area contributed by atoms with E-state index in [1.807, 2.05) is 12.1 Å². The first kappa shape index (κ1) is 14.9. The van der Waals surface area contributed by atoms with Gasteiger partial charge in [-0.05, 0) is 36.6 Å². The molecule has 0 saturated carbocycles. The van der Waals surface area contributed by atoms with Gasteiger partial charge in [-0.2, -0.15) is 4.31 Å². The van der Waals surface area contributed by atoms with Crippen LogP contribution in [0.4, 0.5) is 0 Å². The molecule has 1 aromatic carbocycles. The van der Waals surface area contributed by atoms with Crippen molar-refractivity contribution in [3.63, 3.8) is 0 Å². The fourth-order valence-corrected chi connectivity index (χ4v) is 6.04. The highest BCUT2D eigenvalue weighted by molar-refractivity contribution is 9.09. The quantitative estimate of drug-likeness (QED) is 0.782.